The van der Waals surface area contributed by atoms with Gasteiger partial charge in [-0.25, -0.2) is 0 Å². The minimum atomic E-state index is 0.273. The number of hydrogen-bond acceptors (Lipinski definition) is 1. The summed E-state index contributed by atoms with van der Waals surface area (Å²) in [4.78, 5) is 0. The minimum absolute atomic E-state index is 0.273. The van der Waals surface area contributed by atoms with E-state index in [4.69, 9.17) is 0 Å². The fourth-order valence-electron chi connectivity index (χ4n) is 2.11. The van der Waals surface area contributed by atoms with Gasteiger partial charge >= 0.3 is 0 Å². The summed E-state index contributed by atoms with van der Waals surface area (Å²) in [5, 5.41) is 3.57. The first-order chi connectivity index (χ1) is 6.50. The molecular formula is C12H16BrN. The van der Waals surface area contributed by atoms with Crippen molar-refractivity contribution in [2.45, 2.75) is 33.4 Å². The molecule has 1 N–H and O–H groups in total. The largest absolute Gasteiger partial charge is 0.305 e. The highest BCUT2D eigenvalue weighted by Gasteiger charge is 2.33. The number of halogens is 1. The van der Waals surface area contributed by atoms with Crippen molar-refractivity contribution in [3.05, 3.63) is 33.8 Å². The smallest absolute Gasteiger partial charge is 0.0386 e. The summed E-state index contributed by atoms with van der Waals surface area (Å²) >= 11 is 3.64. The van der Waals surface area contributed by atoms with E-state index >= 15 is 0 Å². The second-order valence-corrected chi connectivity index (χ2v) is 5.85. The van der Waals surface area contributed by atoms with Crippen molar-refractivity contribution >= 4 is 15.9 Å². The van der Waals surface area contributed by atoms with Crippen LogP contribution in [0, 0.1) is 5.41 Å². The van der Waals surface area contributed by atoms with Crippen LogP contribution in [0.2, 0.25) is 0 Å². The van der Waals surface area contributed by atoms with Crippen molar-refractivity contribution in [1.29, 1.82) is 0 Å². The first kappa shape index (κ1) is 10.2. The Kier molecular flexibility index (Phi) is 2.44. The van der Waals surface area contributed by atoms with E-state index in [9.17, 15) is 0 Å². The second-order valence-electron chi connectivity index (χ2n) is 4.99. The molecule has 0 bridgehead atoms. The molecule has 1 aromatic rings. The quantitative estimate of drug-likeness (QED) is 0.745. The van der Waals surface area contributed by atoms with Gasteiger partial charge in [-0.15, -0.1) is 0 Å². The standard InChI is InChI=1S/C12H16BrN/c1-12(2,3)11-10-8(7-14-11)5-4-6-9(10)13/h4-6,11,14H,7H2,1-3H3. The van der Waals surface area contributed by atoms with Gasteiger partial charge in [-0.05, 0) is 22.6 Å². The lowest BCUT2D eigenvalue weighted by molar-refractivity contribution is 0.287. The van der Waals surface area contributed by atoms with Gasteiger partial charge < -0.3 is 5.32 Å². The Hall–Kier alpha value is -0.340. The average Bonchev–Trinajstić information content (AvgIpc) is 2.47. The number of fused-ring (bicyclic) bond motifs is 1. The summed E-state index contributed by atoms with van der Waals surface area (Å²) in [6, 6.07) is 6.91. The lowest BCUT2D eigenvalue weighted by atomic mass is 9.83. The molecule has 0 amide bonds. The highest BCUT2D eigenvalue weighted by Crippen LogP contribution is 2.41. The molecule has 1 atom stereocenters. The molecule has 1 aliphatic rings. The fraction of sp³-hybridized carbons (Fsp3) is 0.500. The van der Waals surface area contributed by atoms with E-state index in [-0.39, 0.29) is 5.41 Å². The molecule has 0 fully saturated rings. The Labute approximate surface area is 94.0 Å². The van der Waals surface area contributed by atoms with Crippen LogP contribution >= 0.6 is 15.9 Å². The van der Waals surface area contributed by atoms with E-state index < -0.39 is 0 Å². The molecule has 1 nitrogen and oxygen atoms in total. The summed E-state index contributed by atoms with van der Waals surface area (Å²) in [6.07, 6.45) is 0. The summed E-state index contributed by atoms with van der Waals surface area (Å²) < 4.78 is 1.24. The van der Waals surface area contributed by atoms with Crippen LogP contribution in [0.25, 0.3) is 0 Å². The average molecular weight is 254 g/mol. The topological polar surface area (TPSA) is 12.0 Å². The Morgan fingerprint density at radius 3 is 2.71 bits per heavy atom. The summed E-state index contributed by atoms with van der Waals surface area (Å²) in [5.74, 6) is 0. The first-order valence-corrected chi connectivity index (χ1v) is 5.80. The molecule has 0 saturated carbocycles. The van der Waals surface area contributed by atoms with Crippen LogP contribution in [0.4, 0.5) is 0 Å². The van der Waals surface area contributed by atoms with Crippen LogP contribution in [0.15, 0.2) is 22.7 Å². The minimum Gasteiger partial charge on any atom is -0.305 e. The molecule has 2 heteroatoms. The molecule has 0 saturated heterocycles. The number of hydrogen-bond donors (Lipinski definition) is 1. The molecule has 76 valence electrons. The van der Waals surface area contributed by atoms with Gasteiger partial charge in [-0.3, -0.25) is 0 Å². The number of benzene rings is 1. The van der Waals surface area contributed by atoms with Crippen LogP contribution in [0.1, 0.15) is 37.9 Å². The first-order valence-electron chi connectivity index (χ1n) is 5.01. The molecular weight excluding hydrogens is 238 g/mol. The van der Waals surface area contributed by atoms with Gasteiger partial charge in [0.15, 0.2) is 0 Å². The predicted molar refractivity (Wildman–Crippen MR) is 63.2 cm³/mol. The zero-order valence-electron chi connectivity index (χ0n) is 8.89. The van der Waals surface area contributed by atoms with Gasteiger partial charge in [0.1, 0.15) is 0 Å². The van der Waals surface area contributed by atoms with E-state index in [2.05, 4.69) is 60.2 Å². The maximum atomic E-state index is 3.64. The fourth-order valence-corrected chi connectivity index (χ4v) is 2.75. The van der Waals surface area contributed by atoms with Crippen LogP contribution < -0.4 is 5.32 Å². The SMILES string of the molecule is CC(C)(C)C1NCc2cccc(Br)c21. The van der Waals surface area contributed by atoms with Crippen LogP contribution in [-0.4, -0.2) is 0 Å². The van der Waals surface area contributed by atoms with Gasteiger partial charge in [-0.1, -0.05) is 48.8 Å². The van der Waals surface area contributed by atoms with E-state index in [1.54, 1.807) is 0 Å². The lowest BCUT2D eigenvalue weighted by Crippen LogP contribution is -2.26. The zero-order chi connectivity index (χ0) is 10.3. The van der Waals surface area contributed by atoms with Gasteiger partial charge in [-0.2, -0.15) is 0 Å². The Morgan fingerprint density at radius 2 is 2.07 bits per heavy atom. The lowest BCUT2D eigenvalue weighted by Gasteiger charge is -2.28. The normalized spacial score (nSPS) is 21.0. The molecule has 2 rings (SSSR count). The third kappa shape index (κ3) is 1.61. The van der Waals surface area contributed by atoms with E-state index in [0.717, 1.165) is 6.54 Å². The van der Waals surface area contributed by atoms with Gasteiger partial charge in [0, 0.05) is 17.1 Å². The van der Waals surface area contributed by atoms with Crippen molar-refractivity contribution < 1.29 is 0 Å². The predicted octanol–water partition coefficient (Wildman–Crippen LogP) is 3.64. The molecule has 0 spiro atoms. The summed E-state index contributed by atoms with van der Waals surface area (Å²) in [7, 11) is 0. The van der Waals surface area contributed by atoms with Crippen molar-refractivity contribution in [1.82, 2.24) is 5.32 Å². The number of rotatable bonds is 0. The number of nitrogens with one attached hydrogen (secondary N) is 1. The molecule has 14 heavy (non-hydrogen) atoms. The Morgan fingerprint density at radius 1 is 1.36 bits per heavy atom. The maximum absolute atomic E-state index is 3.64. The van der Waals surface area contributed by atoms with E-state index in [1.807, 2.05) is 0 Å². The monoisotopic (exact) mass is 253 g/mol. The Balaban J connectivity index is 2.48. The van der Waals surface area contributed by atoms with Gasteiger partial charge in [0.05, 0.1) is 0 Å². The van der Waals surface area contributed by atoms with Crippen LogP contribution in [0.5, 0.6) is 0 Å². The highest BCUT2D eigenvalue weighted by molar-refractivity contribution is 9.10. The summed E-state index contributed by atoms with van der Waals surface area (Å²) in [5.41, 5.74) is 3.15. The summed E-state index contributed by atoms with van der Waals surface area (Å²) in [6.45, 7) is 7.83. The molecule has 0 radical (unpaired) electrons. The second kappa shape index (κ2) is 3.35. The van der Waals surface area contributed by atoms with Gasteiger partial charge in [0.25, 0.3) is 0 Å². The molecule has 0 aromatic heterocycles. The van der Waals surface area contributed by atoms with Crippen LogP contribution in [-0.2, 0) is 6.54 Å². The maximum Gasteiger partial charge on any atom is 0.0386 e. The zero-order valence-corrected chi connectivity index (χ0v) is 10.5. The van der Waals surface area contributed by atoms with Crippen molar-refractivity contribution in [3.8, 4) is 0 Å². The van der Waals surface area contributed by atoms with Crippen LogP contribution in [0.3, 0.4) is 0 Å². The van der Waals surface area contributed by atoms with Gasteiger partial charge in [0.2, 0.25) is 0 Å². The molecule has 1 aliphatic heterocycles. The molecule has 0 aliphatic carbocycles. The van der Waals surface area contributed by atoms with Crippen molar-refractivity contribution in [3.63, 3.8) is 0 Å². The third-order valence-electron chi connectivity index (χ3n) is 2.79. The molecule has 1 aromatic carbocycles. The van der Waals surface area contributed by atoms with Crippen molar-refractivity contribution in [2.24, 2.45) is 5.41 Å². The van der Waals surface area contributed by atoms with Crippen molar-refractivity contribution in [2.75, 3.05) is 0 Å². The van der Waals surface area contributed by atoms with E-state index in [0.29, 0.717) is 6.04 Å². The highest BCUT2D eigenvalue weighted by atomic mass is 79.9. The molecule has 1 heterocycles. The Bertz CT molecular complexity index is 352. The molecule has 1 unspecified atom stereocenters. The third-order valence-corrected chi connectivity index (χ3v) is 3.49. The van der Waals surface area contributed by atoms with E-state index in [1.165, 1.54) is 15.6 Å².